The number of aliphatic hydroxyl groups is 1. The number of hydrogen-bond donors (Lipinski definition) is 3. The number of nitrogens with two attached hydrogens (primary N) is 1. The molecule has 2 atom stereocenters. The molecule has 0 radical (unpaired) electrons. The molecule has 0 saturated carbocycles. The fourth-order valence-corrected chi connectivity index (χ4v) is 3.37. The van der Waals surface area contributed by atoms with Gasteiger partial charge in [0, 0.05) is 5.56 Å². The van der Waals surface area contributed by atoms with Crippen LogP contribution in [0.15, 0.2) is 97.2 Å². The van der Waals surface area contributed by atoms with Crippen LogP contribution in [0.3, 0.4) is 0 Å². The minimum atomic E-state index is -0.959. The Morgan fingerprint density at radius 1 is 0.839 bits per heavy atom. The molecule has 3 aromatic carbocycles. The van der Waals surface area contributed by atoms with Gasteiger partial charge in [0.15, 0.2) is 11.5 Å². The Morgan fingerprint density at radius 2 is 1.39 bits per heavy atom. The Morgan fingerprint density at radius 3 is 2.00 bits per heavy atom. The van der Waals surface area contributed by atoms with Gasteiger partial charge >= 0.3 is 0 Å². The highest BCUT2D eigenvalue weighted by atomic mass is 16.3. The molecule has 31 heavy (non-hydrogen) atoms. The zero-order valence-corrected chi connectivity index (χ0v) is 16.7. The number of aliphatic hydroxyl groups excluding tert-OH is 1. The van der Waals surface area contributed by atoms with Crippen molar-refractivity contribution >= 4 is 11.7 Å². The maximum absolute atomic E-state index is 13.2. The SMILES string of the molecule is Nc1ncc(-c2ccccc2)nc1C(=O)N[C@H](c1ccccc1)[C@@H](O)c1ccccc1. The molecule has 1 aromatic heterocycles. The van der Waals surface area contributed by atoms with E-state index >= 15 is 0 Å². The first-order valence-corrected chi connectivity index (χ1v) is 9.90. The monoisotopic (exact) mass is 410 g/mol. The fraction of sp³-hybridized carbons (Fsp3) is 0.0800. The van der Waals surface area contributed by atoms with Crippen LogP contribution < -0.4 is 11.1 Å². The van der Waals surface area contributed by atoms with Crippen molar-refractivity contribution in [3.63, 3.8) is 0 Å². The van der Waals surface area contributed by atoms with Crippen LogP contribution in [0, 0.1) is 0 Å². The van der Waals surface area contributed by atoms with Crippen LogP contribution in [0.1, 0.15) is 33.8 Å². The summed E-state index contributed by atoms with van der Waals surface area (Å²) in [4.78, 5) is 21.8. The molecule has 0 fully saturated rings. The van der Waals surface area contributed by atoms with Gasteiger partial charge in [-0.15, -0.1) is 0 Å². The summed E-state index contributed by atoms with van der Waals surface area (Å²) in [5.41, 5.74) is 8.81. The average molecular weight is 410 g/mol. The number of nitrogen functional groups attached to an aromatic ring is 1. The van der Waals surface area contributed by atoms with E-state index in [9.17, 15) is 9.90 Å². The van der Waals surface area contributed by atoms with E-state index in [4.69, 9.17) is 5.73 Å². The van der Waals surface area contributed by atoms with Gasteiger partial charge in [-0.05, 0) is 11.1 Å². The Kier molecular flexibility index (Phi) is 6.01. The van der Waals surface area contributed by atoms with E-state index in [1.807, 2.05) is 91.0 Å². The first kappa shape index (κ1) is 20.3. The lowest BCUT2D eigenvalue weighted by Crippen LogP contribution is -2.34. The number of nitrogens with one attached hydrogen (secondary N) is 1. The van der Waals surface area contributed by atoms with E-state index in [1.165, 1.54) is 6.20 Å². The molecule has 154 valence electrons. The summed E-state index contributed by atoms with van der Waals surface area (Å²) >= 11 is 0. The van der Waals surface area contributed by atoms with Crippen LogP contribution in [0.2, 0.25) is 0 Å². The van der Waals surface area contributed by atoms with Gasteiger partial charge in [-0.2, -0.15) is 0 Å². The fourth-order valence-electron chi connectivity index (χ4n) is 3.37. The second-order valence-electron chi connectivity index (χ2n) is 7.07. The Bertz CT molecular complexity index is 1150. The molecule has 4 rings (SSSR count). The highest BCUT2D eigenvalue weighted by Gasteiger charge is 2.26. The van der Waals surface area contributed by atoms with Crippen LogP contribution in [-0.2, 0) is 0 Å². The van der Waals surface area contributed by atoms with Crippen LogP contribution in [0.25, 0.3) is 11.3 Å². The van der Waals surface area contributed by atoms with Crippen molar-refractivity contribution in [3.8, 4) is 11.3 Å². The van der Waals surface area contributed by atoms with Gasteiger partial charge in [0.1, 0.15) is 6.10 Å². The Balaban J connectivity index is 1.67. The summed E-state index contributed by atoms with van der Waals surface area (Å²) in [5.74, 6) is -0.482. The smallest absolute Gasteiger partial charge is 0.274 e. The van der Waals surface area contributed by atoms with E-state index in [1.54, 1.807) is 0 Å². The number of carbonyl (C=O) groups excluding carboxylic acids is 1. The highest BCUT2D eigenvalue weighted by molar-refractivity contribution is 5.97. The third kappa shape index (κ3) is 4.60. The number of amides is 1. The molecule has 0 bridgehead atoms. The number of carbonyl (C=O) groups is 1. The third-order valence-corrected chi connectivity index (χ3v) is 4.99. The Labute approximate surface area is 180 Å². The predicted molar refractivity (Wildman–Crippen MR) is 120 cm³/mol. The first-order chi connectivity index (χ1) is 15.1. The van der Waals surface area contributed by atoms with E-state index in [2.05, 4.69) is 15.3 Å². The minimum absolute atomic E-state index is 0.0162. The van der Waals surface area contributed by atoms with E-state index in [-0.39, 0.29) is 11.5 Å². The normalized spacial score (nSPS) is 12.7. The minimum Gasteiger partial charge on any atom is -0.386 e. The molecule has 0 spiro atoms. The highest BCUT2D eigenvalue weighted by Crippen LogP contribution is 2.29. The second kappa shape index (κ2) is 9.19. The molecule has 6 nitrogen and oxygen atoms in total. The van der Waals surface area contributed by atoms with Gasteiger partial charge in [-0.3, -0.25) is 4.79 Å². The number of anilines is 1. The maximum Gasteiger partial charge on any atom is 0.274 e. The van der Waals surface area contributed by atoms with Crippen molar-refractivity contribution in [3.05, 3.63) is 114 Å². The van der Waals surface area contributed by atoms with Crippen LogP contribution in [0.4, 0.5) is 5.82 Å². The quantitative estimate of drug-likeness (QED) is 0.447. The molecule has 0 aliphatic carbocycles. The number of benzene rings is 3. The van der Waals surface area contributed by atoms with Crippen LogP contribution >= 0.6 is 0 Å². The molecule has 1 heterocycles. The van der Waals surface area contributed by atoms with E-state index < -0.39 is 18.1 Å². The van der Waals surface area contributed by atoms with Crippen LogP contribution in [0.5, 0.6) is 0 Å². The van der Waals surface area contributed by atoms with E-state index in [0.717, 1.165) is 11.1 Å². The zero-order valence-electron chi connectivity index (χ0n) is 16.7. The molecule has 1 amide bonds. The van der Waals surface area contributed by atoms with Crippen molar-refractivity contribution < 1.29 is 9.90 Å². The summed E-state index contributed by atoms with van der Waals surface area (Å²) in [6.45, 7) is 0. The Hall–Kier alpha value is -4.03. The van der Waals surface area contributed by atoms with Crippen molar-refractivity contribution in [2.45, 2.75) is 12.1 Å². The van der Waals surface area contributed by atoms with Crippen molar-refractivity contribution in [2.24, 2.45) is 0 Å². The number of nitrogens with zero attached hydrogens (tertiary/aromatic N) is 2. The van der Waals surface area contributed by atoms with Gasteiger partial charge in [-0.1, -0.05) is 91.0 Å². The molecule has 6 heteroatoms. The van der Waals surface area contributed by atoms with Gasteiger partial charge in [0.2, 0.25) is 0 Å². The standard InChI is InChI=1S/C25H22N4O2/c26-24-22(28-20(16-27-24)17-10-4-1-5-11-17)25(31)29-21(18-12-6-2-7-13-18)23(30)19-14-8-3-9-15-19/h1-16,21,23,30H,(H2,26,27)(H,29,31)/t21-,23+/m1/s1. The summed E-state index contributed by atoms with van der Waals surface area (Å²) in [6.07, 6.45) is 0.577. The molecule has 4 aromatic rings. The van der Waals surface area contributed by atoms with Crippen molar-refractivity contribution in [2.75, 3.05) is 5.73 Å². The number of aromatic nitrogens is 2. The topological polar surface area (TPSA) is 101 Å². The molecular formula is C25H22N4O2. The third-order valence-electron chi connectivity index (χ3n) is 4.99. The van der Waals surface area contributed by atoms with Gasteiger partial charge in [0.05, 0.1) is 17.9 Å². The van der Waals surface area contributed by atoms with Crippen molar-refractivity contribution in [1.29, 1.82) is 0 Å². The summed E-state index contributed by atoms with van der Waals surface area (Å²) in [6, 6.07) is 27.2. The summed E-state index contributed by atoms with van der Waals surface area (Å²) in [7, 11) is 0. The lowest BCUT2D eigenvalue weighted by atomic mass is 9.95. The van der Waals surface area contributed by atoms with Crippen LogP contribution in [-0.4, -0.2) is 21.0 Å². The molecule has 0 aliphatic rings. The predicted octanol–water partition coefficient (Wildman–Crippen LogP) is 3.93. The van der Waals surface area contributed by atoms with Gasteiger partial charge in [-0.25, -0.2) is 9.97 Å². The lowest BCUT2D eigenvalue weighted by Gasteiger charge is -2.25. The van der Waals surface area contributed by atoms with E-state index in [0.29, 0.717) is 11.3 Å². The summed E-state index contributed by atoms with van der Waals surface area (Å²) < 4.78 is 0. The van der Waals surface area contributed by atoms with Gasteiger partial charge in [0.25, 0.3) is 5.91 Å². The summed E-state index contributed by atoms with van der Waals surface area (Å²) in [5, 5.41) is 13.9. The zero-order chi connectivity index (χ0) is 21.6. The maximum atomic E-state index is 13.2. The molecule has 4 N–H and O–H groups in total. The molecule has 0 unspecified atom stereocenters. The first-order valence-electron chi connectivity index (χ1n) is 9.90. The number of hydrogen-bond acceptors (Lipinski definition) is 5. The van der Waals surface area contributed by atoms with Gasteiger partial charge < -0.3 is 16.2 Å². The molecule has 0 saturated heterocycles. The molecule has 0 aliphatic heterocycles. The largest absolute Gasteiger partial charge is 0.386 e. The van der Waals surface area contributed by atoms with Crippen molar-refractivity contribution in [1.82, 2.24) is 15.3 Å². The number of rotatable bonds is 6. The molecular weight excluding hydrogens is 388 g/mol. The average Bonchev–Trinajstić information content (AvgIpc) is 2.84. The second-order valence-corrected chi connectivity index (χ2v) is 7.07. The lowest BCUT2D eigenvalue weighted by molar-refractivity contribution is 0.0827.